The molecule has 0 radical (unpaired) electrons. The molecular weight excluding hydrogens is 186 g/mol. The normalized spacial score (nSPS) is 12.2. The molecule has 0 fully saturated rings. The van der Waals surface area contributed by atoms with Gasteiger partial charge in [0.1, 0.15) is 5.92 Å². The quantitative estimate of drug-likeness (QED) is 0.754. The molecule has 0 saturated heterocycles. The van der Waals surface area contributed by atoms with Gasteiger partial charge in [0.05, 0.1) is 6.07 Å². The molecule has 0 amide bonds. The highest BCUT2D eigenvalue weighted by Crippen LogP contribution is 2.20. The van der Waals surface area contributed by atoms with Crippen molar-refractivity contribution < 1.29 is 4.79 Å². The van der Waals surface area contributed by atoms with Gasteiger partial charge in [-0.15, -0.1) is 0 Å². The second-order valence-corrected chi connectivity index (χ2v) is 4.03. The largest absolute Gasteiger partial charge is 0.298 e. The molecule has 0 spiro atoms. The SMILES string of the molecule is Cc1ccc(C(C#N)C(=O)C(C)C)cc1. The number of aryl methyl sites for hydroxylation is 1. The Balaban J connectivity index is 2.99. The van der Waals surface area contributed by atoms with Crippen LogP contribution in [0.2, 0.25) is 0 Å². The highest BCUT2D eigenvalue weighted by molar-refractivity contribution is 5.89. The average molecular weight is 201 g/mol. The number of ketones is 1. The zero-order chi connectivity index (χ0) is 11.4. The van der Waals surface area contributed by atoms with E-state index >= 15 is 0 Å². The van der Waals surface area contributed by atoms with E-state index in [1.54, 1.807) is 0 Å². The molecule has 15 heavy (non-hydrogen) atoms. The van der Waals surface area contributed by atoms with E-state index in [2.05, 4.69) is 6.07 Å². The van der Waals surface area contributed by atoms with E-state index in [0.29, 0.717) is 0 Å². The van der Waals surface area contributed by atoms with Crippen molar-refractivity contribution in [1.29, 1.82) is 5.26 Å². The Labute approximate surface area is 90.5 Å². The second kappa shape index (κ2) is 4.75. The van der Waals surface area contributed by atoms with E-state index in [4.69, 9.17) is 5.26 Å². The van der Waals surface area contributed by atoms with E-state index in [9.17, 15) is 4.79 Å². The Morgan fingerprint density at radius 2 is 1.80 bits per heavy atom. The summed E-state index contributed by atoms with van der Waals surface area (Å²) in [4.78, 5) is 11.7. The van der Waals surface area contributed by atoms with Gasteiger partial charge in [-0.1, -0.05) is 43.7 Å². The lowest BCUT2D eigenvalue weighted by molar-refractivity contribution is -0.122. The van der Waals surface area contributed by atoms with Crippen molar-refractivity contribution in [2.24, 2.45) is 5.92 Å². The highest BCUT2D eigenvalue weighted by Gasteiger charge is 2.22. The predicted molar refractivity (Wildman–Crippen MR) is 59.4 cm³/mol. The van der Waals surface area contributed by atoms with Crippen LogP contribution in [-0.2, 0) is 4.79 Å². The fraction of sp³-hybridized carbons (Fsp3) is 0.385. The molecule has 2 nitrogen and oxygen atoms in total. The molecule has 0 aliphatic heterocycles. The molecule has 0 aromatic heterocycles. The summed E-state index contributed by atoms with van der Waals surface area (Å²) in [6, 6.07) is 9.62. The Hall–Kier alpha value is -1.62. The number of nitrogens with zero attached hydrogens (tertiary/aromatic N) is 1. The Kier molecular flexibility index (Phi) is 3.62. The van der Waals surface area contributed by atoms with Crippen molar-refractivity contribution >= 4 is 5.78 Å². The number of nitriles is 1. The molecule has 78 valence electrons. The highest BCUT2D eigenvalue weighted by atomic mass is 16.1. The molecule has 1 aromatic carbocycles. The molecule has 0 saturated carbocycles. The Bertz CT molecular complexity index is 384. The molecule has 0 aliphatic carbocycles. The first-order valence-electron chi connectivity index (χ1n) is 5.06. The van der Waals surface area contributed by atoms with Crippen LogP contribution in [0.5, 0.6) is 0 Å². The minimum Gasteiger partial charge on any atom is -0.298 e. The van der Waals surface area contributed by atoms with Crippen LogP contribution in [-0.4, -0.2) is 5.78 Å². The third kappa shape index (κ3) is 2.66. The number of Topliss-reactive ketones (excluding diaryl/α,β-unsaturated/α-hetero) is 1. The van der Waals surface area contributed by atoms with Crippen molar-refractivity contribution in [1.82, 2.24) is 0 Å². The van der Waals surface area contributed by atoms with Gasteiger partial charge in [0.15, 0.2) is 5.78 Å². The number of rotatable bonds is 3. The maximum atomic E-state index is 11.7. The summed E-state index contributed by atoms with van der Waals surface area (Å²) in [6.45, 7) is 5.62. The lowest BCUT2D eigenvalue weighted by atomic mass is 9.90. The van der Waals surface area contributed by atoms with Crippen LogP contribution >= 0.6 is 0 Å². The van der Waals surface area contributed by atoms with Gasteiger partial charge in [0.2, 0.25) is 0 Å². The van der Waals surface area contributed by atoms with E-state index < -0.39 is 5.92 Å². The predicted octanol–water partition coefficient (Wildman–Crippen LogP) is 2.83. The summed E-state index contributed by atoms with van der Waals surface area (Å²) < 4.78 is 0. The van der Waals surface area contributed by atoms with Crippen LogP contribution < -0.4 is 0 Å². The van der Waals surface area contributed by atoms with E-state index in [1.165, 1.54) is 0 Å². The van der Waals surface area contributed by atoms with Gasteiger partial charge < -0.3 is 0 Å². The van der Waals surface area contributed by atoms with Gasteiger partial charge in [-0.2, -0.15) is 5.26 Å². The molecule has 0 N–H and O–H groups in total. The number of carbonyl (C=O) groups is 1. The van der Waals surface area contributed by atoms with E-state index in [-0.39, 0.29) is 11.7 Å². The van der Waals surface area contributed by atoms with Crippen LogP contribution in [0.25, 0.3) is 0 Å². The number of hydrogen-bond acceptors (Lipinski definition) is 2. The van der Waals surface area contributed by atoms with Gasteiger partial charge in [0, 0.05) is 5.92 Å². The van der Waals surface area contributed by atoms with Gasteiger partial charge >= 0.3 is 0 Å². The first-order chi connectivity index (χ1) is 7.06. The number of benzene rings is 1. The van der Waals surface area contributed by atoms with Gasteiger partial charge in [0.25, 0.3) is 0 Å². The smallest absolute Gasteiger partial charge is 0.156 e. The maximum Gasteiger partial charge on any atom is 0.156 e. The number of carbonyl (C=O) groups excluding carboxylic acids is 1. The summed E-state index contributed by atoms with van der Waals surface area (Å²) >= 11 is 0. The van der Waals surface area contributed by atoms with Gasteiger partial charge in [-0.05, 0) is 12.5 Å². The van der Waals surface area contributed by atoms with Gasteiger partial charge in [-0.25, -0.2) is 0 Å². The maximum absolute atomic E-state index is 11.7. The average Bonchev–Trinajstić information content (AvgIpc) is 2.21. The minimum atomic E-state index is -0.620. The standard InChI is InChI=1S/C13H15NO/c1-9(2)13(15)12(8-14)11-6-4-10(3)5-7-11/h4-7,9,12H,1-3H3. The fourth-order valence-corrected chi connectivity index (χ4v) is 1.39. The van der Waals surface area contributed by atoms with Crippen molar-refractivity contribution in [2.75, 3.05) is 0 Å². The fourth-order valence-electron chi connectivity index (χ4n) is 1.39. The molecular formula is C13H15NO. The topological polar surface area (TPSA) is 40.9 Å². The van der Waals surface area contributed by atoms with Crippen LogP contribution in [0.4, 0.5) is 0 Å². The zero-order valence-electron chi connectivity index (χ0n) is 9.32. The summed E-state index contributed by atoms with van der Waals surface area (Å²) in [5, 5.41) is 9.00. The zero-order valence-corrected chi connectivity index (χ0v) is 9.32. The molecule has 1 unspecified atom stereocenters. The molecule has 2 heteroatoms. The van der Waals surface area contributed by atoms with Crippen molar-refractivity contribution in [3.8, 4) is 6.07 Å². The monoisotopic (exact) mass is 201 g/mol. The first kappa shape index (κ1) is 11.5. The minimum absolute atomic E-state index is 0.0126. The summed E-state index contributed by atoms with van der Waals surface area (Å²) in [5.41, 5.74) is 1.93. The van der Waals surface area contributed by atoms with E-state index in [0.717, 1.165) is 11.1 Å². The summed E-state index contributed by atoms with van der Waals surface area (Å²) in [6.07, 6.45) is 0. The molecule has 0 aliphatic rings. The molecule has 1 atom stereocenters. The van der Waals surface area contributed by atoms with Crippen LogP contribution in [0, 0.1) is 24.2 Å². The van der Waals surface area contributed by atoms with Crippen LogP contribution in [0.15, 0.2) is 24.3 Å². The van der Waals surface area contributed by atoms with Crippen LogP contribution in [0.3, 0.4) is 0 Å². The summed E-state index contributed by atoms with van der Waals surface area (Å²) in [7, 11) is 0. The van der Waals surface area contributed by atoms with E-state index in [1.807, 2.05) is 45.0 Å². The van der Waals surface area contributed by atoms with Crippen LogP contribution in [0.1, 0.15) is 30.9 Å². The Morgan fingerprint density at radius 1 is 1.27 bits per heavy atom. The van der Waals surface area contributed by atoms with Crippen molar-refractivity contribution in [2.45, 2.75) is 26.7 Å². The molecule has 0 bridgehead atoms. The van der Waals surface area contributed by atoms with Crippen molar-refractivity contribution in [3.05, 3.63) is 35.4 Å². The lowest BCUT2D eigenvalue weighted by Gasteiger charge is -2.11. The first-order valence-corrected chi connectivity index (χ1v) is 5.06. The molecule has 1 rings (SSSR count). The van der Waals surface area contributed by atoms with Crippen molar-refractivity contribution in [3.63, 3.8) is 0 Å². The van der Waals surface area contributed by atoms with Gasteiger partial charge in [-0.3, -0.25) is 4.79 Å². The lowest BCUT2D eigenvalue weighted by Crippen LogP contribution is -2.16. The second-order valence-electron chi connectivity index (χ2n) is 4.03. The molecule has 0 heterocycles. The third-order valence-electron chi connectivity index (χ3n) is 2.39. The summed E-state index contributed by atoms with van der Waals surface area (Å²) in [5.74, 6) is -0.733. The molecule has 1 aromatic rings. The Morgan fingerprint density at radius 3 is 2.20 bits per heavy atom. The number of hydrogen-bond donors (Lipinski definition) is 0. The third-order valence-corrected chi connectivity index (χ3v) is 2.39.